The van der Waals surface area contributed by atoms with E-state index >= 15 is 0 Å². The molecule has 0 aliphatic heterocycles. The van der Waals surface area contributed by atoms with Crippen LogP contribution in [0, 0.1) is 5.82 Å². The summed E-state index contributed by atoms with van der Waals surface area (Å²) in [5, 5.41) is 0. The van der Waals surface area contributed by atoms with Gasteiger partial charge < -0.3 is 4.74 Å². The lowest BCUT2D eigenvalue weighted by molar-refractivity contribution is 0.454. The molecule has 0 fully saturated rings. The molecular formula is C13H12BrFN2O. The van der Waals surface area contributed by atoms with E-state index in [0.29, 0.717) is 21.9 Å². The Kier molecular flexibility index (Phi) is 3.91. The highest BCUT2D eigenvalue weighted by Crippen LogP contribution is 2.25. The molecule has 0 N–H and O–H groups in total. The number of hydrogen-bond acceptors (Lipinski definition) is 3. The summed E-state index contributed by atoms with van der Waals surface area (Å²) in [7, 11) is 0. The van der Waals surface area contributed by atoms with Gasteiger partial charge in [0, 0.05) is 18.2 Å². The Morgan fingerprint density at radius 1 is 1.28 bits per heavy atom. The lowest BCUT2D eigenvalue weighted by Crippen LogP contribution is -1.98. The first kappa shape index (κ1) is 13.0. The van der Waals surface area contributed by atoms with Crippen LogP contribution in [0.5, 0.6) is 11.6 Å². The molecule has 0 bridgehead atoms. The number of hydrogen-bond donors (Lipinski definition) is 0. The van der Waals surface area contributed by atoms with Crippen LogP contribution in [0.3, 0.4) is 0 Å². The molecule has 1 aromatic carbocycles. The van der Waals surface area contributed by atoms with Crippen molar-refractivity contribution in [3.8, 4) is 11.6 Å². The smallest absolute Gasteiger partial charge is 0.222 e. The number of rotatable bonds is 3. The summed E-state index contributed by atoms with van der Waals surface area (Å²) in [6.07, 6.45) is 1.65. The zero-order chi connectivity index (χ0) is 13.1. The largest absolute Gasteiger partial charge is 0.439 e. The molecule has 0 radical (unpaired) electrons. The Morgan fingerprint density at radius 2 is 2.06 bits per heavy atom. The maximum Gasteiger partial charge on any atom is 0.222 e. The van der Waals surface area contributed by atoms with Gasteiger partial charge in [-0.3, -0.25) is 0 Å². The maximum atomic E-state index is 13.1. The third-order valence-corrected chi connectivity index (χ3v) is 2.89. The SMILES string of the molecule is CC(C)c1nccc(Oc2ccc(F)c(Br)c2)n1. The molecule has 18 heavy (non-hydrogen) atoms. The molecule has 0 amide bonds. The Bertz CT molecular complexity index is 560. The van der Waals surface area contributed by atoms with Gasteiger partial charge in [-0.05, 0) is 34.1 Å². The van der Waals surface area contributed by atoms with E-state index in [-0.39, 0.29) is 11.7 Å². The van der Waals surface area contributed by atoms with Gasteiger partial charge in [0.1, 0.15) is 17.4 Å². The van der Waals surface area contributed by atoms with Gasteiger partial charge in [-0.25, -0.2) is 9.37 Å². The highest BCUT2D eigenvalue weighted by atomic mass is 79.9. The molecule has 0 unspecified atom stereocenters. The Morgan fingerprint density at radius 3 is 2.72 bits per heavy atom. The van der Waals surface area contributed by atoms with Crippen molar-refractivity contribution in [3.63, 3.8) is 0 Å². The molecule has 5 heteroatoms. The van der Waals surface area contributed by atoms with Crippen molar-refractivity contribution in [3.05, 3.63) is 46.6 Å². The van der Waals surface area contributed by atoms with Crippen LogP contribution in [-0.4, -0.2) is 9.97 Å². The van der Waals surface area contributed by atoms with Gasteiger partial charge in [0.05, 0.1) is 4.47 Å². The zero-order valence-electron chi connectivity index (χ0n) is 10.0. The Balaban J connectivity index is 2.23. The minimum absolute atomic E-state index is 0.230. The molecule has 0 aliphatic rings. The first-order chi connectivity index (χ1) is 8.56. The van der Waals surface area contributed by atoms with Crippen molar-refractivity contribution in [2.75, 3.05) is 0 Å². The molecule has 0 aliphatic carbocycles. The van der Waals surface area contributed by atoms with Gasteiger partial charge in [0.2, 0.25) is 5.88 Å². The number of benzene rings is 1. The van der Waals surface area contributed by atoms with Crippen LogP contribution in [0.2, 0.25) is 0 Å². The molecule has 0 saturated heterocycles. The lowest BCUT2D eigenvalue weighted by Gasteiger charge is -2.08. The molecule has 2 aromatic rings. The van der Waals surface area contributed by atoms with Crippen molar-refractivity contribution in [1.82, 2.24) is 9.97 Å². The van der Waals surface area contributed by atoms with E-state index in [1.807, 2.05) is 13.8 Å². The predicted octanol–water partition coefficient (Wildman–Crippen LogP) is 4.29. The van der Waals surface area contributed by atoms with E-state index in [0.717, 1.165) is 0 Å². The molecule has 1 aromatic heterocycles. The van der Waals surface area contributed by atoms with Crippen molar-refractivity contribution in [1.29, 1.82) is 0 Å². The van der Waals surface area contributed by atoms with E-state index < -0.39 is 0 Å². The van der Waals surface area contributed by atoms with Crippen LogP contribution in [0.1, 0.15) is 25.6 Å². The predicted molar refractivity (Wildman–Crippen MR) is 70.3 cm³/mol. The number of ether oxygens (including phenoxy) is 1. The Labute approximate surface area is 113 Å². The average Bonchev–Trinajstić information content (AvgIpc) is 2.34. The van der Waals surface area contributed by atoms with E-state index in [4.69, 9.17) is 4.74 Å². The number of aromatic nitrogens is 2. The van der Waals surface area contributed by atoms with Gasteiger partial charge in [0.15, 0.2) is 0 Å². The fourth-order valence-corrected chi connectivity index (χ4v) is 1.71. The van der Waals surface area contributed by atoms with Gasteiger partial charge >= 0.3 is 0 Å². The molecule has 0 saturated carbocycles. The minimum atomic E-state index is -0.326. The summed E-state index contributed by atoms with van der Waals surface area (Å²) in [6, 6.07) is 6.12. The first-order valence-electron chi connectivity index (χ1n) is 5.52. The van der Waals surface area contributed by atoms with Gasteiger partial charge in [0.25, 0.3) is 0 Å². The van der Waals surface area contributed by atoms with Crippen molar-refractivity contribution in [2.24, 2.45) is 0 Å². The quantitative estimate of drug-likeness (QED) is 0.848. The van der Waals surface area contributed by atoms with Crippen molar-refractivity contribution >= 4 is 15.9 Å². The summed E-state index contributed by atoms with van der Waals surface area (Å²) in [5.74, 6) is 1.60. The summed E-state index contributed by atoms with van der Waals surface area (Å²) < 4.78 is 19.0. The third-order valence-electron chi connectivity index (χ3n) is 2.28. The molecular weight excluding hydrogens is 299 g/mol. The second-order valence-electron chi connectivity index (χ2n) is 4.09. The normalized spacial score (nSPS) is 10.7. The molecule has 3 nitrogen and oxygen atoms in total. The van der Waals surface area contributed by atoms with Crippen molar-refractivity contribution < 1.29 is 9.13 Å². The second-order valence-corrected chi connectivity index (χ2v) is 4.94. The molecule has 94 valence electrons. The summed E-state index contributed by atoms with van der Waals surface area (Å²) in [6.45, 7) is 4.02. The molecule has 1 heterocycles. The zero-order valence-corrected chi connectivity index (χ0v) is 11.6. The van der Waals surface area contributed by atoms with Crippen LogP contribution in [0.15, 0.2) is 34.9 Å². The van der Waals surface area contributed by atoms with E-state index in [9.17, 15) is 4.39 Å². The van der Waals surface area contributed by atoms with Crippen LogP contribution >= 0.6 is 15.9 Å². The molecule has 2 rings (SSSR count). The lowest BCUT2D eigenvalue weighted by atomic mass is 10.2. The van der Waals surface area contributed by atoms with E-state index in [2.05, 4.69) is 25.9 Å². The fourth-order valence-electron chi connectivity index (χ4n) is 1.35. The number of halogens is 2. The topological polar surface area (TPSA) is 35.0 Å². The number of nitrogens with zero attached hydrogens (tertiary/aromatic N) is 2. The average molecular weight is 311 g/mol. The third kappa shape index (κ3) is 3.04. The Hall–Kier alpha value is -1.49. The van der Waals surface area contributed by atoms with Gasteiger partial charge in [-0.15, -0.1) is 0 Å². The highest BCUT2D eigenvalue weighted by molar-refractivity contribution is 9.10. The summed E-state index contributed by atoms with van der Waals surface area (Å²) >= 11 is 3.11. The van der Waals surface area contributed by atoms with E-state index in [1.54, 1.807) is 24.4 Å². The molecule has 0 atom stereocenters. The second kappa shape index (κ2) is 5.44. The minimum Gasteiger partial charge on any atom is -0.439 e. The molecule has 0 spiro atoms. The monoisotopic (exact) mass is 310 g/mol. The van der Waals surface area contributed by atoms with Crippen LogP contribution in [0.4, 0.5) is 4.39 Å². The maximum absolute atomic E-state index is 13.1. The van der Waals surface area contributed by atoms with E-state index in [1.165, 1.54) is 6.07 Å². The van der Waals surface area contributed by atoms with Crippen LogP contribution < -0.4 is 4.74 Å². The van der Waals surface area contributed by atoms with Gasteiger partial charge in [-0.2, -0.15) is 4.98 Å². The highest BCUT2D eigenvalue weighted by Gasteiger charge is 2.06. The van der Waals surface area contributed by atoms with Crippen LogP contribution in [-0.2, 0) is 0 Å². The van der Waals surface area contributed by atoms with Crippen LogP contribution in [0.25, 0.3) is 0 Å². The van der Waals surface area contributed by atoms with Crippen molar-refractivity contribution in [2.45, 2.75) is 19.8 Å². The fraction of sp³-hybridized carbons (Fsp3) is 0.231. The summed E-state index contributed by atoms with van der Waals surface area (Å²) in [5.41, 5.74) is 0. The standard InChI is InChI=1S/C13H12BrFN2O/c1-8(2)13-16-6-5-12(17-13)18-9-3-4-11(15)10(14)7-9/h3-8H,1-2H3. The first-order valence-corrected chi connectivity index (χ1v) is 6.31. The van der Waals surface area contributed by atoms with Gasteiger partial charge in [-0.1, -0.05) is 13.8 Å². The summed E-state index contributed by atoms with van der Waals surface area (Å²) in [4.78, 5) is 8.43.